The second kappa shape index (κ2) is 7.17. The van der Waals surface area contributed by atoms with Crippen molar-refractivity contribution in [1.82, 2.24) is 4.90 Å². The maximum absolute atomic E-state index is 12.1. The summed E-state index contributed by atoms with van der Waals surface area (Å²) in [6, 6.07) is 0. The zero-order valence-electron chi connectivity index (χ0n) is 8.22. The summed E-state index contributed by atoms with van der Waals surface area (Å²) < 4.78 is 36.2. The molecule has 0 saturated carbocycles. The summed E-state index contributed by atoms with van der Waals surface area (Å²) in [5, 5.41) is 0. The molecular weight excluding hydrogens is 211 g/mol. The Hall–Kier alpha value is -0.160. The zero-order valence-corrected chi connectivity index (χ0v) is 9.11. The molecule has 0 bridgehead atoms. The van der Waals surface area contributed by atoms with Crippen molar-refractivity contribution in [2.24, 2.45) is 0 Å². The molecule has 5 heteroatoms. The summed E-state index contributed by atoms with van der Waals surface area (Å²) in [6.45, 7) is 1.84. The van der Waals surface area contributed by atoms with Crippen LogP contribution in [-0.4, -0.2) is 36.5 Å². The molecule has 0 aliphatic heterocycles. The molecule has 0 atom stereocenters. The van der Waals surface area contributed by atoms with Gasteiger partial charge in [-0.3, -0.25) is 4.90 Å². The molecular formula is C9H16F3NS. The topological polar surface area (TPSA) is 3.24 Å². The van der Waals surface area contributed by atoms with Gasteiger partial charge >= 0.3 is 6.18 Å². The van der Waals surface area contributed by atoms with Crippen molar-refractivity contribution in [3.8, 4) is 0 Å². The molecule has 0 aliphatic carbocycles. The molecule has 0 amide bonds. The third-order valence-electron chi connectivity index (χ3n) is 1.58. The summed E-state index contributed by atoms with van der Waals surface area (Å²) in [5.41, 5.74) is 0. The summed E-state index contributed by atoms with van der Waals surface area (Å²) in [4.78, 5) is 1.37. The fourth-order valence-corrected chi connectivity index (χ4v) is 1.25. The average Bonchev–Trinajstić information content (AvgIpc) is 2.02. The van der Waals surface area contributed by atoms with Gasteiger partial charge in [0.15, 0.2) is 0 Å². The molecule has 84 valence electrons. The first-order chi connectivity index (χ1) is 6.49. The molecule has 0 aliphatic rings. The predicted octanol–water partition coefficient (Wildman–Crippen LogP) is 2.75. The minimum absolute atomic E-state index is 0.341. The van der Waals surface area contributed by atoms with Crippen LogP contribution in [0.15, 0.2) is 12.2 Å². The van der Waals surface area contributed by atoms with Gasteiger partial charge in [-0.25, -0.2) is 0 Å². The lowest BCUT2D eigenvalue weighted by atomic mass is 10.3. The fraction of sp³-hybridized carbons (Fsp3) is 0.778. The van der Waals surface area contributed by atoms with Gasteiger partial charge in [0, 0.05) is 12.3 Å². The molecule has 0 aromatic carbocycles. The van der Waals surface area contributed by atoms with E-state index in [4.69, 9.17) is 0 Å². The van der Waals surface area contributed by atoms with Crippen LogP contribution in [0.2, 0.25) is 0 Å². The Morgan fingerprint density at radius 2 is 1.93 bits per heavy atom. The van der Waals surface area contributed by atoms with Crippen LogP contribution in [0.3, 0.4) is 0 Å². The van der Waals surface area contributed by atoms with Crippen molar-refractivity contribution in [3.05, 3.63) is 12.2 Å². The van der Waals surface area contributed by atoms with E-state index in [1.54, 1.807) is 12.2 Å². The van der Waals surface area contributed by atoms with E-state index in [2.05, 4.69) is 12.6 Å². The van der Waals surface area contributed by atoms with E-state index in [1.807, 2.05) is 6.92 Å². The first kappa shape index (κ1) is 13.8. The van der Waals surface area contributed by atoms with Gasteiger partial charge in [0.05, 0.1) is 6.54 Å². The van der Waals surface area contributed by atoms with Gasteiger partial charge in [0.25, 0.3) is 0 Å². The van der Waals surface area contributed by atoms with Gasteiger partial charge in [-0.2, -0.15) is 25.8 Å². The molecule has 0 aromatic rings. The second-order valence-electron chi connectivity index (χ2n) is 3.00. The van der Waals surface area contributed by atoms with Crippen LogP contribution in [0, 0.1) is 0 Å². The van der Waals surface area contributed by atoms with Gasteiger partial charge in [0.2, 0.25) is 0 Å². The van der Waals surface area contributed by atoms with Crippen LogP contribution in [0.5, 0.6) is 0 Å². The largest absolute Gasteiger partial charge is 0.401 e. The van der Waals surface area contributed by atoms with Gasteiger partial charge in [-0.1, -0.05) is 19.1 Å². The van der Waals surface area contributed by atoms with Crippen LogP contribution in [0.1, 0.15) is 13.3 Å². The van der Waals surface area contributed by atoms with Crippen LogP contribution < -0.4 is 0 Å². The first-order valence-corrected chi connectivity index (χ1v) is 5.17. The number of rotatable bonds is 6. The van der Waals surface area contributed by atoms with Gasteiger partial charge < -0.3 is 0 Å². The third kappa shape index (κ3) is 8.44. The van der Waals surface area contributed by atoms with Crippen molar-refractivity contribution in [1.29, 1.82) is 0 Å². The molecule has 0 aromatic heterocycles. The average molecular weight is 227 g/mol. The molecule has 1 nitrogen and oxygen atoms in total. The molecule has 0 rings (SSSR count). The summed E-state index contributed by atoms with van der Waals surface area (Å²) >= 11 is 3.93. The molecule has 0 spiro atoms. The van der Waals surface area contributed by atoms with Crippen LogP contribution in [0.25, 0.3) is 0 Å². The SMILES string of the molecule is CCCN(CC=CCS)CC(F)(F)F. The summed E-state index contributed by atoms with van der Waals surface area (Å²) in [7, 11) is 0. The first-order valence-electron chi connectivity index (χ1n) is 4.54. The Morgan fingerprint density at radius 3 is 2.36 bits per heavy atom. The Kier molecular flexibility index (Phi) is 7.09. The lowest BCUT2D eigenvalue weighted by Crippen LogP contribution is -2.34. The monoisotopic (exact) mass is 227 g/mol. The Morgan fingerprint density at radius 1 is 1.29 bits per heavy atom. The second-order valence-corrected chi connectivity index (χ2v) is 3.37. The normalized spacial score (nSPS) is 13.0. The van der Waals surface area contributed by atoms with Crippen LogP contribution >= 0.6 is 12.6 Å². The lowest BCUT2D eigenvalue weighted by molar-refractivity contribution is -0.144. The lowest BCUT2D eigenvalue weighted by Gasteiger charge is -2.21. The third-order valence-corrected chi connectivity index (χ3v) is 1.79. The zero-order chi connectivity index (χ0) is 11.0. The van der Waals surface area contributed by atoms with E-state index >= 15 is 0 Å². The molecule has 0 heterocycles. The van der Waals surface area contributed by atoms with Gasteiger partial charge in [-0.15, -0.1) is 0 Å². The Balaban J connectivity index is 3.95. The van der Waals surface area contributed by atoms with Gasteiger partial charge in [-0.05, 0) is 13.0 Å². The van der Waals surface area contributed by atoms with Crippen molar-refractivity contribution in [2.45, 2.75) is 19.5 Å². The number of halogens is 3. The summed E-state index contributed by atoms with van der Waals surface area (Å²) in [5.74, 6) is 0.561. The van der Waals surface area contributed by atoms with E-state index in [-0.39, 0.29) is 0 Å². The highest BCUT2D eigenvalue weighted by Gasteiger charge is 2.29. The number of thiol groups is 1. The van der Waals surface area contributed by atoms with E-state index in [0.717, 1.165) is 6.42 Å². The highest BCUT2D eigenvalue weighted by Crippen LogP contribution is 2.16. The van der Waals surface area contributed by atoms with E-state index in [9.17, 15) is 13.2 Å². The maximum atomic E-state index is 12.1. The van der Waals surface area contributed by atoms with Crippen molar-refractivity contribution >= 4 is 12.6 Å². The Bertz CT molecular complexity index is 168. The molecule has 0 fully saturated rings. The van der Waals surface area contributed by atoms with Gasteiger partial charge in [0.1, 0.15) is 0 Å². The maximum Gasteiger partial charge on any atom is 0.401 e. The molecule has 14 heavy (non-hydrogen) atoms. The van der Waals surface area contributed by atoms with Crippen molar-refractivity contribution in [3.63, 3.8) is 0 Å². The highest BCUT2D eigenvalue weighted by molar-refractivity contribution is 7.80. The smallest absolute Gasteiger partial charge is 0.291 e. The number of nitrogens with zero attached hydrogens (tertiary/aromatic N) is 1. The molecule has 0 unspecified atom stereocenters. The number of hydrogen-bond acceptors (Lipinski definition) is 2. The van der Waals surface area contributed by atoms with E-state index < -0.39 is 12.7 Å². The predicted molar refractivity (Wildman–Crippen MR) is 55.8 cm³/mol. The summed E-state index contributed by atoms with van der Waals surface area (Å²) in [6.07, 6.45) is 0.0886. The highest BCUT2D eigenvalue weighted by atomic mass is 32.1. The fourth-order valence-electron chi connectivity index (χ4n) is 1.10. The van der Waals surface area contributed by atoms with Crippen molar-refractivity contribution < 1.29 is 13.2 Å². The minimum Gasteiger partial charge on any atom is -0.291 e. The quantitative estimate of drug-likeness (QED) is 0.539. The minimum atomic E-state index is -4.11. The van der Waals surface area contributed by atoms with Crippen LogP contribution in [0.4, 0.5) is 13.2 Å². The number of alkyl halides is 3. The molecule has 0 N–H and O–H groups in total. The molecule has 0 radical (unpaired) electrons. The Labute approximate surface area is 88.4 Å². The van der Waals surface area contributed by atoms with E-state index in [0.29, 0.717) is 18.8 Å². The van der Waals surface area contributed by atoms with Crippen molar-refractivity contribution in [2.75, 3.05) is 25.4 Å². The molecule has 0 saturated heterocycles. The van der Waals surface area contributed by atoms with Crippen LogP contribution in [-0.2, 0) is 0 Å². The van der Waals surface area contributed by atoms with E-state index in [1.165, 1.54) is 4.90 Å². The standard InChI is InChI=1S/C9H16F3NS/c1-2-5-13(6-3-4-7-14)8-9(10,11)12/h3-4,14H,2,5-8H2,1H3. The number of hydrogen-bond donors (Lipinski definition) is 1.